The Hall–Kier alpha value is -1.06. The summed E-state index contributed by atoms with van der Waals surface area (Å²) in [7, 11) is 0. The van der Waals surface area contributed by atoms with Crippen molar-refractivity contribution in [1.29, 1.82) is 0 Å². The Balaban J connectivity index is 1.74. The fourth-order valence-corrected chi connectivity index (χ4v) is 3.30. The van der Waals surface area contributed by atoms with Crippen LogP contribution in [-0.4, -0.2) is 37.7 Å². The predicted molar refractivity (Wildman–Crippen MR) is 98.0 cm³/mol. The van der Waals surface area contributed by atoms with E-state index in [1.807, 2.05) is 0 Å². The first-order valence-electron chi connectivity index (χ1n) is 9.46. The minimum atomic E-state index is 0.810. The SMILES string of the molecule is CCCCCOc1ccc(CN2CCCC(CNCC)C2)cc1. The highest BCUT2D eigenvalue weighted by Crippen LogP contribution is 2.19. The molecule has 23 heavy (non-hydrogen) atoms. The highest BCUT2D eigenvalue weighted by Gasteiger charge is 2.19. The lowest BCUT2D eigenvalue weighted by Crippen LogP contribution is -2.39. The van der Waals surface area contributed by atoms with Crippen LogP contribution >= 0.6 is 0 Å². The maximum absolute atomic E-state index is 5.79. The number of ether oxygens (including phenoxy) is 1. The van der Waals surface area contributed by atoms with E-state index in [4.69, 9.17) is 4.74 Å². The van der Waals surface area contributed by atoms with Gasteiger partial charge in [-0.15, -0.1) is 0 Å². The lowest BCUT2D eigenvalue weighted by atomic mass is 9.97. The third-order valence-electron chi connectivity index (χ3n) is 4.63. The average Bonchev–Trinajstić information content (AvgIpc) is 2.59. The van der Waals surface area contributed by atoms with Gasteiger partial charge >= 0.3 is 0 Å². The fourth-order valence-electron chi connectivity index (χ4n) is 3.30. The molecule has 1 heterocycles. The van der Waals surface area contributed by atoms with E-state index in [0.717, 1.165) is 44.3 Å². The molecule has 1 saturated heterocycles. The van der Waals surface area contributed by atoms with E-state index >= 15 is 0 Å². The van der Waals surface area contributed by atoms with Crippen LogP contribution in [0.5, 0.6) is 5.75 Å². The molecule has 3 heteroatoms. The maximum Gasteiger partial charge on any atom is 0.119 e. The minimum Gasteiger partial charge on any atom is -0.494 e. The number of likely N-dealkylation sites (tertiary alicyclic amines) is 1. The summed E-state index contributed by atoms with van der Waals surface area (Å²) in [6.07, 6.45) is 6.34. The largest absolute Gasteiger partial charge is 0.494 e. The molecule has 1 aliphatic heterocycles. The molecule has 1 unspecified atom stereocenters. The van der Waals surface area contributed by atoms with E-state index in [0.29, 0.717) is 0 Å². The van der Waals surface area contributed by atoms with Crippen molar-refractivity contribution in [1.82, 2.24) is 10.2 Å². The van der Waals surface area contributed by atoms with Gasteiger partial charge in [-0.2, -0.15) is 0 Å². The van der Waals surface area contributed by atoms with E-state index < -0.39 is 0 Å². The fraction of sp³-hybridized carbons (Fsp3) is 0.700. The molecule has 130 valence electrons. The number of nitrogens with zero attached hydrogens (tertiary/aromatic N) is 1. The quantitative estimate of drug-likeness (QED) is 0.658. The minimum absolute atomic E-state index is 0.810. The highest BCUT2D eigenvalue weighted by atomic mass is 16.5. The zero-order valence-electron chi connectivity index (χ0n) is 15.0. The van der Waals surface area contributed by atoms with Crippen molar-refractivity contribution in [2.75, 3.05) is 32.8 Å². The second kappa shape index (κ2) is 10.7. The molecule has 1 fully saturated rings. The molecule has 3 nitrogen and oxygen atoms in total. The van der Waals surface area contributed by atoms with Crippen LogP contribution in [0.1, 0.15) is 51.5 Å². The summed E-state index contributed by atoms with van der Waals surface area (Å²) in [4.78, 5) is 2.60. The van der Waals surface area contributed by atoms with Gasteiger partial charge < -0.3 is 10.1 Å². The van der Waals surface area contributed by atoms with Crippen molar-refractivity contribution < 1.29 is 4.74 Å². The third kappa shape index (κ3) is 6.92. The number of rotatable bonds is 10. The van der Waals surface area contributed by atoms with Crippen molar-refractivity contribution in [3.8, 4) is 5.75 Å². The first kappa shape index (κ1) is 18.3. The van der Waals surface area contributed by atoms with Gasteiger partial charge in [0.1, 0.15) is 5.75 Å². The molecule has 0 aromatic heterocycles. The second-order valence-electron chi connectivity index (χ2n) is 6.75. The number of unbranched alkanes of at least 4 members (excludes halogenated alkanes) is 2. The molecule has 1 N–H and O–H groups in total. The lowest BCUT2D eigenvalue weighted by Gasteiger charge is -2.32. The Labute approximate surface area is 142 Å². The van der Waals surface area contributed by atoms with E-state index in [1.165, 1.54) is 44.3 Å². The number of hydrogen-bond donors (Lipinski definition) is 1. The summed E-state index contributed by atoms with van der Waals surface area (Å²) in [5.41, 5.74) is 1.40. The molecular formula is C20H34N2O. The molecule has 0 aliphatic carbocycles. The normalized spacial score (nSPS) is 19.0. The van der Waals surface area contributed by atoms with Crippen LogP contribution in [0, 0.1) is 5.92 Å². The van der Waals surface area contributed by atoms with Crippen LogP contribution in [0.25, 0.3) is 0 Å². The summed E-state index contributed by atoms with van der Waals surface area (Å²) in [5.74, 6) is 1.82. The maximum atomic E-state index is 5.79. The van der Waals surface area contributed by atoms with Crippen LogP contribution in [0.2, 0.25) is 0 Å². The van der Waals surface area contributed by atoms with Crippen molar-refractivity contribution in [2.45, 2.75) is 52.5 Å². The second-order valence-corrected chi connectivity index (χ2v) is 6.75. The first-order chi connectivity index (χ1) is 11.3. The summed E-state index contributed by atoms with van der Waals surface area (Å²) in [6.45, 7) is 11.0. The number of nitrogens with one attached hydrogen (secondary N) is 1. The smallest absolute Gasteiger partial charge is 0.119 e. The van der Waals surface area contributed by atoms with Crippen LogP contribution in [0.15, 0.2) is 24.3 Å². The molecule has 1 atom stereocenters. The average molecular weight is 319 g/mol. The van der Waals surface area contributed by atoms with Gasteiger partial charge in [0.25, 0.3) is 0 Å². The molecule has 0 radical (unpaired) electrons. The zero-order valence-corrected chi connectivity index (χ0v) is 15.0. The summed E-state index contributed by atoms with van der Waals surface area (Å²) in [5, 5.41) is 3.50. The summed E-state index contributed by atoms with van der Waals surface area (Å²) >= 11 is 0. The zero-order chi connectivity index (χ0) is 16.3. The predicted octanol–water partition coefficient (Wildman–Crippen LogP) is 4.08. The lowest BCUT2D eigenvalue weighted by molar-refractivity contribution is 0.166. The standard InChI is InChI=1S/C20H34N2O/c1-3-5-6-14-23-20-11-9-18(10-12-20)16-22-13-7-8-19(17-22)15-21-4-2/h9-12,19,21H,3-8,13-17H2,1-2H3. The molecule has 0 amide bonds. The van der Waals surface area contributed by atoms with Crippen molar-refractivity contribution in [3.05, 3.63) is 29.8 Å². The van der Waals surface area contributed by atoms with Gasteiger partial charge in [-0.1, -0.05) is 38.8 Å². The highest BCUT2D eigenvalue weighted by molar-refractivity contribution is 5.27. The Morgan fingerprint density at radius 3 is 2.74 bits per heavy atom. The van der Waals surface area contributed by atoms with Gasteiger partial charge in [0.05, 0.1) is 6.61 Å². The third-order valence-corrected chi connectivity index (χ3v) is 4.63. The van der Waals surface area contributed by atoms with Gasteiger partial charge in [0.15, 0.2) is 0 Å². The van der Waals surface area contributed by atoms with E-state index in [-0.39, 0.29) is 0 Å². The Morgan fingerprint density at radius 1 is 1.17 bits per heavy atom. The van der Waals surface area contributed by atoms with Crippen molar-refractivity contribution >= 4 is 0 Å². The molecule has 0 saturated carbocycles. The number of piperidine rings is 1. The van der Waals surface area contributed by atoms with Crippen LogP contribution in [-0.2, 0) is 6.54 Å². The monoisotopic (exact) mass is 318 g/mol. The Morgan fingerprint density at radius 2 is 2.00 bits per heavy atom. The van der Waals surface area contributed by atoms with Gasteiger partial charge in [-0.3, -0.25) is 4.90 Å². The molecule has 0 bridgehead atoms. The van der Waals surface area contributed by atoms with Crippen molar-refractivity contribution in [2.24, 2.45) is 5.92 Å². The summed E-state index contributed by atoms with van der Waals surface area (Å²) < 4.78 is 5.79. The molecule has 1 aromatic carbocycles. The van der Waals surface area contributed by atoms with E-state index in [2.05, 4.69) is 48.3 Å². The van der Waals surface area contributed by atoms with Crippen LogP contribution in [0.3, 0.4) is 0 Å². The van der Waals surface area contributed by atoms with Gasteiger partial charge in [-0.05, 0) is 62.5 Å². The van der Waals surface area contributed by atoms with Gasteiger partial charge in [0.2, 0.25) is 0 Å². The van der Waals surface area contributed by atoms with Crippen LogP contribution in [0.4, 0.5) is 0 Å². The molecule has 1 aromatic rings. The van der Waals surface area contributed by atoms with E-state index in [1.54, 1.807) is 0 Å². The van der Waals surface area contributed by atoms with Crippen LogP contribution < -0.4 is 10.1 Å². The number of hydrogen-bond acceptors (Lipinski definition) is 3. The first-order valence-corrected chi connectivity index (χ1v) is 9.46. The molecular weight excluding hydrogens is 284 g/mol. The molecule has 1 aliphatic rings. The van der Waals surface area contributed by atoms with Crippen molar-refractivity contribution in [3.63, 3.8) is 0 Å². The Bertz CT molecular complexity index is 418. The van der Waals surface area contributed by atoms with Gasteiger partial charge in [0, 0.05) is 13.1 Å². The molecule has 0 spiro atoms. The topological polar surface area (TPSA) is 24.5 Å². The number of benzene rings is 1. The Kier molecular flexibility index (Phi) is 8.48. The molecule has 2 rings (SSSR count). The summed E-state index contributed by atoms with van der Waals surface area (Å²) in [6, 6.07) is 8.70. The van der Waals surface area contributed by atoms with E-state index in [9.17, 15) is 0 Å². The van der Waals surface area contributed by atoms with Gasteiger partial charge in [-0.25, -0.2) is 0 Å².